The van der Waals surface area contributed by atoms with Gasteiger partial charge in [-0.2, -0.15) is 13.2 Å². The maximum absolute atomic E-state index is 13.4. The van der Waals surface area contributed by atoms with Crippen molar-refractivity contribution in [2.24, 2.45) is 5.92 Å². The first-order valence-electron chi connectivity index (χ1n) is 11.2. The third kappa shape index (κ3) is 4.72. The second kappa shape index (κ2) is 9.23. The number of carbonyl (C=O) groups excluding carboxylic acids is 1. The lowest BCUT2D eigenvalue weighted by Gasteiger charge is -2.22. The molecule has 7 nitrogen and oxygen atoms in total. The summed E-state index contributed by atoms with van der Waals surface area (Å²) in [6.45, 7) is 4.07. The summed E-state index contributed by atoms with van der Waals surface area (Å²) in [5.41, 5.74) is 1.21. The molecule has 0 aromatic carbocycles. The molecule has 4 heterocycles. The lowest BCUT2D eigenvalue weighted by molar-refractivity contribution is -0.137. The quantitative estimate of drug-likeness (QED) is 0.464. The van der Waals surface area contributed by atoms with E-state index < -0.39 is 23.4 Å². The number of halogens is 3. The molecule has 0 amide bonds. The molecule has 0 bridgehead atoms. The highest BCUT2D eigenvalue weighted by Gasteiger charge is 2.39. The number of aliphatic hydroxyl groups excluding tert-OH is 1. The number of aryl methyl sites for hydroxylation is 1. The Morgan fingerprint density at radius 3 is 2.80 bits per heavy atom. The highest BCUT2D eigenvalue weighted by molar-refractivity contribution is 7.14. The van der Waals surface area contributed by atoms with Crippen molar-refractivity contribution in [2.75, 3.05) is 11.9 Å². The van der Waals surface area contributed by atoms with Gasteiger partial charge in [-0.25, -0.2) is 15.0 Å². The first kappa shape index (κ1) is 24.3. The number of alkyl halides is 3. The number of aromatic nitrogens is 3. The number of anilines is 1. The number of nitrogens with one attached hydrogen (secondary N) is 1. The molecular weight excluding hydrogens is 501 g/mol. The van der Waals surface area contributed by atoms with Gasteiger partial charge in [0.25, 0.3) is 0 Å². The number of ketones is 1. The van der Waals surface area contributed by atoms with Gasteiger partial charge in [0.1, 0.15) is 18.2 Å². The maximum Gasteiger partial charge on any atom is 0.443 e. The van der Waals surface area contributed by atoms with Gasteiger partial charge in [0.2, 0.25) is 5.78 Å². The van der Waals surface area contributed by atoms with E-state index >= 15 is 0 Å². The van der Waals surface area contributed by atoms with Crippen LogP contribution in [-0.2, 0) is 17.3 Å². The van der Waals surface area contributed by atoms with E-state index in [0.29, 0.717) is 50.9 Å². The molecular formula is C23H23F3N4O3S2. The van der Waals surface area contributed by atoms with Crippen molar-refractivity contribution in [1.82, 2.24) is 15.0 Å². The van der Waals surface area contributed by atoms with Crippen molar-refractivity contribution >= 4 is 34.3 Å². The van der Waals surface area contributed by atoms with Gasteiger partial charge in [0.05, 0.1) is 28.8 Å². The molecule has 0 saturated heterocycles. The number of thiophene rings is 1. The van der Waals surface area contributed by atoms with Crippen LogP contribution in [0.2, 0.25) is 0 Å². The minimum Gasteiger partial charge on any atom is -0.393 e. The molecule has 0 radical (unpaired) electrons. The molecule has 0 unspecified atom stereocenters. The first-order chi connectivity index (χ1) is 16.6. The molecule has 1 aliphatic carbocycles. The topological polar surface area (TPSA) is 97.2 Å². The monoisotopic (exact) mass is 524 g/mol. The van der Waals surface area contributed by atoms with E-state index in [2.05, 4.69) is 20.3 Å². The highest BCUT2D eigenvalue weighted by atomic mass is 32.1. The van der Waals surface area contributed by atoms with Crippen LogP contribution >= 0.6 is 22.7 Å². The number of rotatable bonds is 5. The molecule has 4 atom stereocenters. The van der Waals surface area contributed by atoms with Gasteiger partial charge in [-0.1, -0.05) is 6.92 Å². The predicted molar refractivity (Wildman–Crippen MR) is 125 cm³/mol. The standard InChI is InChI=1S/C23H23F3N4O3S2/c1-10-5-12(6-15(10)31)29-21-14(8-27-9-28-21)19(32)17-7-13(11(2)34-17)20-18-16(3-4-33-20)35-22(30-18)23(24,25)26/h7-10,12,15,20,31H,3-6H2,1-2H3,(H,27,28,29)/t10-,12-,15+,20-/m1/s1. The third-order valence-corrected chi connectivity index (χ3v) is 8.67. The molecule has 0 spiro atoms. The fourth-order valence-electron chi connectivity index (χ4n) is 4.60. The molecule has 12 heteroatoms. The van der Waals surface area contributed by atoms with Crippen LogP contribution in [0.1, 0.15) is 67.1 Å². The van der Waals surface area contributed by atoms with Crippen LogP contribution in [0.4, 0.5) is 19.0 Å². The molecule has 2 N–H and O–H groups in total. The first-order valence-corrected chi connectivity index (χ1v) is 12.8. The number of aliphatic hydroxyl groups is 1. The minimum atomic E-state index is -4.51. The largest absolute Gasteiger partial charge is 0.443 e. The van der Waals surface area contributed by atoms with E-state index in [1.54, 1.807) is 6.07 Å². The normalized spacial score (nSPS) is 24.4. The fourth-order valence-corrected chi connectivity index (χ4v) is 6.54. The Bertz CT molecular complexity index is 1250. The molecule has 1 fully saturated rings. The predicted octanol–water partition coefficient (Wildman–Crippen LogP) is 4.79. The second-order valence-electron chi connectivity index (χ2n) is 8.92. The van der Waals surface area contributed by atoms with Gasteiger partial charge in [-0.15, -0.1) is 22.7 Å². The Hall–Kier alpha value is -2.41. The number of hydrogen-bond acceptors (Lipinski definition) is 9. The van der Waals surface area contributed by atoms with Crippen LogP contribution in [-0.4, -0.2) is 44.6 Å². The van der Waals surface area contributed by atoms with Crippen LogP contribution in [0, 0.1) is 12.8 Å². The van der Waals surface area contributed by atoms with E-state index in [1.807, 2.05) is 13.8 Å². The number of fused-ring (bicyclic) bond motifs is 1. The van der Waals surface area contributed by atoms with E-state index in [0.717, 1.165) is 11.3 Å². The fraction of sp³-hybridized carbons (Fsp3) is 0.478. The lowest BCUT2D eigenvalue weighted by Crippen LogP contribution is -2.20. The zero-order valence-corrected chi connectivity index (χ0v) is 20.6. The molecule has 1 aliphatic heterocycles. The Morgan fingerprint density at radius 2 is 2.09 bits per heavy atom. The number of ether oxygens (including phenoxy) is 1. The van der Waals surface area contributed by atoms with Crippen molar-refractivity contribution < 1.29 is 27.8 Å². The van der Waals surface area contributed by atoms with E-state index in [-0.39, 0.29) is 30.0 Å². The van der Waals surface area contributed by atoms with Crippen molar-refractivity contribution in [2.45, 2.75) is 57.5 Å². The van der Waals surface area contributed by atoms with Gasteiger partial charge >= 0.3 is 6.18 Å². The van der Waals surface area contributed by atoms with Gasteiger partial charge in [-0.05, 0) is 31.7 Å². The van der Waals surface area contributed by atoms with Crippen molar-refractivity contribution in [3.63, 3.8) is 0 Å². The van der Waals surface area contributed by atoms with Gasteiger partial charge in [0.15, 0.2) is 5.01 Å². The number of carbonyl (C=O) groups is 1. The number of nitrogens with zero attached hydrogens (tertiary/aromatic N) is 3. The Kier molecular flexibility index (Phi) is 6.41. The Morgan fingerprint density at radius 1 is 1.29 bits per heavy atom. The minimum absolute atomic E-state index is 0.0105. The SMILES string of the molecule is Cc1sc(C(=O)c2cncnc2N[C@@H]2C[C@@H](C)[C@@H](O)C2)cc1[C@H]1OCCc2sc(C(F)(F)F)nc21. The molecule has 3 aromatic heterocycles. The summed E-state index contributed by atoms with van der Waals surface area (Å²) >= 11 is 1.90. The summed E-state index contributed by atoms with van der Waals surface area (Å²) in [6, 6.07) is 1.66. The van der Waals surface area contributed by atoms with E-state index in [1.165, 1.54) is 23.9 Å². The zero-order valence-electron chi connectivity index (χ0n) is 18.9. The summed E-state index contributed by atoms with van der Waals surface area (Å²) in [4.78, 5) is 27.3. The van der Waals surface area contributed by atoms with Crippen LogP contribution in [0.15, 0.2) is 18.6 Å². The van der Waals surface area contributed by atoms with E-state index in [9.17, 15) is 23.1 Å². The summed E-state index contributed by atoms with van der Waals surface area (Å²) in [5.74, 6) is 0.263. The Labute approximate surface area is 207 Å². The molecule has 35 heavy (non-hydrogen) atoms. The second-order valence-corrected chi connectivity index (χ2v) is 11.3. The smallest absolute Gasteiger partial charge is 0.393 e. The molecule has 2 aliphatic rings. The lowest BCUT2D eigenvalue weighted by atomic mass is 10.0. The van der Waals surface area contributed by atoms with Gasteiger partial charge in [0, 0.05) is 34.0 Å². The van der Waals surface area contributed by atoms with Gasteiger partial charge in [-0.3, -0.25) is 4.79 Å². The average molecular weight is 525 g/mol. The summed E-state index contributed by atoms with van der Waals surface area (Å²) in [5, 5.41) is 12.4. The van der Waals surface area contributed by atoms with Crippen molar-refractivity contribution in [1.29, 1.82) is 0 Å². The number of hydrogen-bond donors (Lipinski definition) is 2. The molecule has 1 saturated carbocycles. The Balaban J connectivity index is 1.43. The van der Waals surface area contributed by atoms with Crippen LogP contribution < -0.4 is 5.32 Å². The molecule has 3 aromatic rings. The average Bonchev–Trinajstić information content (AvgIpc) is 3.50. The van der Waals surface area contributed by atoms with E-state index in [4.69, 9.17) is 4.74 Å². The molecule has 186 valence electrons. The third-order valence-electron chi connectivity index (χ3n) is 6.43. The van der Waals surface area contributed by atoms with Crippen LogP contribution in [0.3, 0.4) is 0 Å². The summed E-state index contributed by atoms with van der Waals surface area (Å²) < 4.78 is 45.6. The van der Waals surface area contributed by atoms with Crippen LogP contribution in [0.25, 0.3) is 0 Å². The van der Waals surface area contributed by atoms with Crippen molar-refractivity contribution in [3.8, 4) is 0 Å². The summed E-state index contributed by atoms with van der Waals surface area (Å²) in [6.07, 6.45) is -1.16. The van der Waals surface area contributed by atoms with Gasteiger partial charge < -0.3 is 15.2 Å². The van der Waals surface area contributed by atoms with Crippen molar-refractivity contribution in [3.05, 3.63) is 55.1 Å². The summed E-state index contributed by atoms with van der Waals surface area (Å²) in [7, 11) is 0. The maximum atomic E-state index is 13.4. The molecule has 5 rings (SSSR count). The number of thiazole rings is 1. The van der Waals surface area contributed by atoms with Crippen LogP contribution in [0.5, 0.6) is 0 Å². The highest BCUT2D eigenvalue weighted by Crippen LogP contribution is 2.43. The zero-order chi connectivity index (χ0) is 24.9.